The van der Waals surface area contributed by atoms with Crippen LogP contribution in [0.1, 0.15) is 0 Å². The van der Waals surface area contributed by atoms with E-state index in [1.165, 1.54) is 30.6 Å². The molecule has 3 aromatic rings. The largest absolute Gasteiger partial charge is 0.382 e. The lowest BCUT2D eigenvalue weighted by Gasteiger charge is -1.98. The predicted octanol–water partition coefficient (Wildman–Crippen LogP) is 2.57. The van der Waals surface area contributed by atoms with E-state index < -0.39 is 5.82 Å². The summed E-state index contributed by atoms with van der Waals surface area (Å²) in [5.41, 5.74) is 6.40. The molecule has 3 rings (SSSR count). The smallest absolute Gasteiger partial charge is 0.280 e. The lowest BCUT2D eigenvalue weighted by Crippen LogP contribution is -1.96. The van der Waals surface area contributed by atoms with Crippen LogP contribution in [0, 0.1) is 5.82 Å². The quantitative estimate of drug-likeness (QED) is 0.780. The molecule has 2 heterocycles. The molecule has 0 saturated heterocycles. The third-order valence-electron chi connectivity index (χ3n) is 2.53. The van der Waals surface area contributed by atoms with E-state index in [2.05, 4.69) is 20.1 Å². The van der Waals surface area contributed by atoms with E-state index in [0.29, 0.717) is 5.56 Å². The summed E-state index contributed by atoms with van der Waals surface area (Å²) in [6.07, 6.45) is 2.91. The second-order valence-electron chi connectivity index (χ2n) is 3.84. The van der Waals surface area contributed by atoms with Crippen molar-refractivity contribution in [2.24, 2.45) is 0 Å². The number of hydrogen-bond acceptors (Lipinski definition) is 6. The minimum Gasteiger partial charge on any atom is -0.382 e. The molecule has 0 radical (unpaired) electrons. The van der Waals surface area contributed by atoms with Gasteiger partial charge in [-0.3, -0.25) is 0 Å². The molecule has 0 fully saturated rings. The fourth-order valence-corrected chi connectivity index (χ4v) is 1.87. The molecule has 0 aliphatic rings. The van der Waals surface area contributed by atoms with Crippen LogP contribution >= 0.6 is 11.6 Å². The van der Waals surface area contributed by atoms with Gasteiger partial charge in [0.15, 0.2) is 11.5 Å². The maximum absolute atomic E-state index is 13.0. The summed E-state index contributed by atoms with van der Waals surface area (Å²) < 4.78 is 18.1. The fourth-order valence-electron chi connectivity index (χ4n) is 1.61. The van der Waals surface area contributed by atoms with Crippen LogP contribution < -0.4 is 5.73 Å². The van der Waals surface area contributed by atoms with Gasteiger partial charge in [0.25, 0.3) is 5.89 Å². The van der Waals surface area contributed by atoms with Crippen molar-refractivity contribution in [1.29, 1.82) is 0 Å². The first kappa shape index (κ1) is 12.5. The topological polar surface area (TPSA) is 90.7 Å². The summed E-state index contributed by atoms with van der Waals surface area (Å²) in [6, 6.07) is 3.89. The van der Waals surface area contributed by atoms with Crippen LogP contribution in [0.4, 0.5) is 10.2 Å². The van der Waals surface area contributed by atoms with E-state index in [9.17, 15) is 4.39 Å². The predicted molar refractivity (Wildman–Crippen MR) is 70.1 cm³/mol. The lowest BCUT2D eigenvalue weighted by molar-refractivity contribution is 0.431. The van der Waals surface area contributed by atoms with Crippen molar-refractivity contribution in [3.05, 3.63) is 41.4 Å². The van der Waals surface area contributed by atoms with Crippen LogP contribution in [-0.4, -0.2) is 20.1 Å². The molecule has 8 heteroatoms. The van der Waals surface area contributed by atoms with Crippen LogP contribution in [0.2, 0.25) is 5.02 Å². The number of hydrogen-bond donors (Lipinski definition) is 1. The number of nitrogen functional groups attached to an aromatic ring is 1. The van der Waals surface area contributed by atoms with Gasteiger partial charge in [0.1, 0.15) is 5.82 Å². The molecule has 2 N–H and O–H groups in total. The molecule has 1 aromatic carbocycles. The summed E-state index contributed by atoms with van der Waals surface area (Å²) >= 11 is 5.94. The van der Waals surface area contributed by atoms with Crippen LogP contribution in [0.15, 0.2) is 35.1 Å². The molecule has 0 atom stereocenters. The second kappa shape index (κ2) is 4.86. The van der Waals surface area contributed by atoms with Gasteiger partial charge in [-0.1, -0.05) is 16.8 Å². The molecule has 0 aliphatic heterocycles. The Balaban J connectivity index is 2.04. The number of nitrogens with zero attached hydrogens (tertiary/aromatic N) is 4. The van der Waals surface area contributed by atoms with Crippen molar-refractivity contribution in [2.75, 3.05) is 5.73 Å². The van der Waals surface area contributed by atoms with E-state index in [1.54, 1.807) is 0 Å². The van der Waals surface area contributed by atoms with Crippen LogP contribution in [0.5, 0.6) is 0 Å². The van der Waals surface area contributed by atoms with Gasteiger partial charge in [-0.2, -0.15) is 4.98 Å². The first-order valence-corrected chi connectivity index (χ1v) is 5.89. The number of rotatable bonds is 2. The van der Waals surface area contributed by atoms with E-state index >= 15 is 0 Å². The Morgan fingerprint density at radius 2 is 2.00 bits per heavy atom. The van der Waals surface area contributed by atoms with Gasteiger partial charge in [0, 0.05) is 18.0 Å². The Bertz CT molecular complexity index is 776. The average Bonchev–Trinajstić information content (AvgIpc) is 2.88. The Hall–Kier alpha value is -2.54. The average molecular weight is 292 g/mol. The zero-order chi connectivity index (χ0) is 14.1. The normalized spacial score (nSPS) is 10.7. The Morgan fingerprint density at radius 3 is 2.75 bits per heavy atom. The van der Waals surface area contributed by atoms with Gasteiger partial charge in [0.05, 0.1) is 5.02 Å². The lowest BCUT2D eigenvalue weighted by atomic mass is 10.2. The molecule has 0 spiro atoms. The summed E-state index contributed by atoms with van der Waals surface area (Å²) in [6.45, 7) is 0. The van der Waals surface area contributed by atoms with Gasteiger partial charge < -0.3 is 10.3 Å². The van der Waals surface area contributed by atoms with Crippen LogP contribution in [0.25, 0.3) is 23.0 Å². The minimum atomic E-state index is -0.444. The first-order valence-electron chi connectivity index (χ1n) is 5.51. The fraction of sp³-hybridized carbons (Fsp3) is 0. The van der Waals surface area contributed by atoms with E-state index in [4.69, 9.17) is 21.9 Å². The summed E-state index contributed by atoms with van der Waals surface area (Å²) in [4.78, 5) is 12.0. The van der Waals surface area contributed by atoms with Crippen molar-refractivity contribution in [3.63, 3.8) is 0 Å². The molecular formula is C12H7ClFN5O. The number of aromatic nitrogens is 4. The summed E-state index contributed by atoms with van der Waals surface area (Å²) in [5.74, 6) is 0.0644. The van der Waals surface area contributed by atoms with E-state index in [0.717, 1.165) is 0 Å². The van der Waals surface area contributed by atoms with Gasteiger partial charge in [-0.15, -0.1) is 0 Å². The summed E-state index contributed by atoms with van der Waals surface area (Å²) in [5, 5.41) is 3.96. The Labute approximate surface area is 117 Å². The third-order valence-corrected chi connectivity index (χ3v) is 2.84. The van der Waals surface area contributed by atoms with Crippen LogP contribution in [0.3, 0.4) is 0 Å². The van der Waals surface area contributed by atoms with Gasteiger partial charge in [-0.25, -0.2) is 14.4 Å². The van der Waals surface area contributed by atoms with Gasteiger partial charge in [-0.05, 0) is 18.2 Å². The highest BCUT2D eigenvalue weighted by Gasteiger charge is 2.16. The van der Waals surface area contributed by atoms with Crippen molar-refractivity contribution < 1.29 is 8.91 Å². The highest BCUT2D eigenvalue weighted by atomic mass is 35.5. The molecule has 20 heavy (non-hydrogen) atoms. The zero-order valence-corrected chi connectivity index (χ0v) is 10.7. The van der Waals surface area contributed by atoms with Crippen molar-refractivity contribution in [2.45, 2.75) is 0 Å². The molecule has 6 nitrogen and oxygen atoms in total. The number of anilines is 1. The Morgan fingerprint density at radius 1 is 1.20 bits per heavy atom. The molecule has 0 saturated carbocycles. The summed E-state index contributed by atoms with van der Waals surface area (Å²) in [7, 11) is 0. The zero-order valence-electron chi connectivity index (χ0n) is 9.92. The monoisotopic (exact) mass is 291 g/mol. The van der Waals surface area contributed by atoms with Gasteiger partial charge in [0.2, 0.25) is 5.82 Å². The molecule has 0 unspecified atom stereocenters. The highest BCUT2D eigenvalue weighted by molar-refractivity contribution is 6.33. The standard InChI is InChI=1S/C12H7ClFN5O/c13-8-5-6(14)1-2-7(8)11-18-12(20-19-11)9-10(15)17-4-3-16-9/h1-5H,(H2,15,17). The van der Waals surface area contributed by atoms with Crippen molar-refractivity contribution in [3.8, 4) is 23.0 Å². The minimum absolute atomic E-state index is 0.117. The number of nitrogens with two attached hydrogens (primary N) is 1. The van der Waals surface area contributed by atoms with Crippen molar-refractivity contribution in [1.82, 2.24) is 20.1 Å². The maximum Gasteiger partial charge on any atom is 0.280 e. The number of halogens is 2. The maximum atomic E-state index is 13.0. The van der Waals surface area contributed by atoms with Crippen molar-refractivity contribution >= 4 is 17.4 Å². The molecule has 2 aromatic heterocycles. The van der Waals surface area contributed by atoms with Gasteiger partial charge >= 0.3 is 0 Å². The Kier molecular flexibility index (Phi) is 3.03. The molecule has 100 valence electrons. The second-order valence-corrected chi connectivity index (χ2v) is 4.24. The molecular weight excluding hydrogens is 285 g/mol. The number of benzene rings is 1. The highest BCUT2D eigenvalue weighted by Crippen LogP contribution is 2.28. The van der Waals surface area contributed by atoms with Crippen LogP contribution in [-0.2, 0) is 0 Å². The SMILES string of the molecule is Nc1nccnc1-c1nc(-c2ccc(F)cc2Cl)no1. The first-order chi connectivity index (χ1) is 9.65. The van der Waals surface area contributed by atoms with E-state index in [-0.39, 0.29) is 28.2 Å². The molecule has 0 bridgehead atoms. The van der Waals surface area contributed by atoms with E-state index in [1.807, 2.05) is 0 Å². The third kappa shape index (κ3) is 2.19. The molecule has 0 aliphatic carbocycles. The molecule has 0 amide bonds.